The Balaban J connectivity index is 2.54. The van der Waals surface area contributed by atoms with Gasteiger partial charge in [0.25, 0.3) is 0 Å². The number of carbonyl (C=O) groups is 1. The maximum Gasteiger partial charge on any atom is 0.315 e. The lowest BCUT2D eigenvalue weighted by Gasteiger charge is -2.29. The van der Waals surface area contributed by atoms with E-state index in [4.69, 9.17) is 6.42 Å². The Hall–Kier alpha value is -1.95. The summed E-state index contributed by atoms with van der Waals surface area (Å²) in [7, 11) is 0. The molecule has 0 saturated carbocycles. The van der Waals surface area contributed by atoms with Gasteiger partial charge in [0.2, 0.25) is 0 Å². The Morgan fingerprint density at radius 3 is 2.58 bits per heavy atom. The van der Waals surface area contributed by atoms with Gasteiger partial charge in [0, 0.05) is 6.04 Å². The topological polar surface area (TPSA) is 41.1 Å². The number of hydrogen-bond donors (Lipinski definition) is 2. The van der Waals surface area contributed by atoms with E-state index in [0.717, 1.165) is 6.42 Å². The van der Waals surface area contributed by atoms with Crippen molar-refractivity contribution in [3.05, 3.63) is 35.9 Å². The number of nitrogens with one attached hydrogen (secondary N) is 2. The van der Waals surface area contributed by atoms with Gasteiger partial charge in [-0.3, -0.25) is 0 Å². The third kappa shape index (κ3) is 5.05. The van der Waals surface area contributed by atoms with Crippen molar-refractivity contribution in [2.45, 2.75) is 38.6 Å². The van der Waals surface area contributed by atoms with Crippen LogP contribution >= 0.6 is 0 Å². The molecule has 19 heavy (non-hydrogen) atoms. The second kappa shape index (κ2) is 6.84. The summed E-state index contributed by atoms with van der Waals surface area (Å²) >= 11 is 0. The fourth-order valence-electron chi connectivity index (χ4n) is 2.23. The van der Waals surface area contributed by atoms with Crippen molar-refractivity contribution >= 4 is 6.03 Å². The quantitative estimate of drug-likeness (QED) is 0.783. The molecule has 0 heterocycles. The van der Waals surface area contributed by atoms with Crippen LogP contribution in [0.15, 0.2) is 30.3 Å². The molecule has 0 aliphatic heterocycles. The number of hydrogen-bond acceptors (Lipinski definition) is 1. The van der Waals surface area contributed by atoms with Gasteiger partial charge in [-0.05, 0) is 24.3 Å². The number of urea groups is 1. The van der Waals surface area contributed by atoms with E-state index in [-0.39, 0.29) is 24.0 Å². The van der Waals surface area contributed by atoms with E-state index in [2.05, 4.69) is 42.5 Å². The van der Waals surface area contributed by atoms with Crippen molar-refractivity contribution in [1.29, 1.82) is 0 Å². The molecule has 0 fully saturated rings. The van der Waals surface area contributed by atoms with E-state index < -0.39 is 0 Å². The minimum absolute atomic E-state index is 0.0140. The number of carbonyl (C=O) groups excluding carboxylic acids is 1. The van der Waals surface area contributed by atoms with E-state index in [0.29, 0.717) is 0 Å². The second-order valence-electron chi connectivity index (χ2n) is 5.39. The highest BCUT2D eigenvalue weighted by atomic mass is 16.2. The molecule has 1 atom stereocenters. The van der Waals surface area contributed by atoms with Crippen LogP contribution in [0.5, 0.6) is 0 Å². The lowest BCUT2D eigenvalue weighted by Crippen LogP contribution is -2.43. The van der Waals surface area contributed by atoms with Gasteiger partial charge < -0.3 is 10.6 Å². The summed E-state index contributed by atoms with van der Waals surface area (Å²) in [5.41, 5.74) is 1.28. The molecule has 1 aromatic carbocycles. The Bertz CT molecular complexity index is 446. The fourth-order valence-corrected chi connectivity index (χ4v) is 2.23. The minimum Gasteiger partial charge on any atom is -0.336 e. The molecule has 2 amide bonds. The zero-order valence-electron chi connectivity index (χ0n) is 11.9. The maximum absolute atomic E-state index is 11.5. The van der Waals surface area contributed by atoms with E-state index in [9.17, 15) is 4.79 Å². The van der Waals surface area contributed by atoms with Crippen LogP contribution in [0.1, 0.15) is 32.8 Å². The van der Waals surface area contributed by atoms with Gasteiger partial charge >= 0.3 is 6.03 Å². The first-order chi connectivity index (χ1) is 8.95. The molecular weight excluding hydrogens is 236 g/mol. The predicted molar refractivity (Wildman–Crippen MR) is 78.9 cm³/mol. The van der Waals surface area contributed by atoms with Crippen LogP contribution < -0.4 is 10.6 Å². The van der Waals surface area contributed by atoms with Gasteiger partial charge in [0.05, 0.1) is 6.54 Å². The molecule has 3 nitrogen and oxygen atoms in total. The van der Waals surface area contributed by atoms with Crippen molar-refractivity contribution < 1.29 is 4.79 Å². The highest BCUT2D eigenvalue weighted by Crippen LogP contribution is 2.27. The molecule has 0 radical (unpaired) electrons. The van der Waals surface area contributed by atoms with Crippen LogP contribution in [0.3, 0.4) is 0 Å². The number of benzene rings is 1. The molecular formula is C16H22N2O. The normalized spacial score (nSPS) is 12.3. The van der Waals surface area contributed by atoms with Gasteiger partial charge in [-0.2, -0.15) is 0 Å². The molecule has 0 saturated heterocycles. The van der Waals surface area contributed by atoms with Crippen LogP contribution in [0, 0.1) is 12.3 Å². The van der Waals surface area contributed by atoms with Crippen molar-refractivity contribution in [2.75, 3.05) is 6.54 Å². The van der Waals surface area contributed by atoms with E-state index in [1.165, 1.54) is 5.56 Å². The van der Waals surface area contributed by atoms with E-state index >= 15 is 0 Å². The molecule has 3 heteroatoms. The van der Waals surface area contributed by atoms with E-state index in [1.54, 1.807) is 0 Å². The highest BCUT2D eigenvalue weighted by Gasteiger charge is 2.23. The summed E-state index contributed by atoms with van der Waals surface area (Å²) in [6, 6.07) is 10.2. The molecule has 0 aliphatic rings. The Morgan fingerprint density at radius 1 is 1.37 bits per heavy atom. The summed E-state index contributed by atoms with van der Waals surface area (Å²) in [4.78, 5) is 11.5. The van der Waals surface area contributed by atoms with Gasteiger partial charge in [-0.1, -0.05) is 50.1 Å². The first kappa shape index (κ1) is 15.1. The van der Waals surface area contributed by atoms with Crippen LogP contribution in [-0.2, 0) is 5.41 Å². The summed E-state index contributed by atoms with van der Waals surface area (Å²) in [6.45, 7) is 6.61. The van der Waals surface area contributed by atoms with Gasteiger partial charge in [0.15, 0.2) is 0 Å². The average Bonchev–Trinajstić information content (AvgIpc) is 2.36. The number of rotatable bonds is 5. The molecule has 102 valence electrons. The van der Waals surface area contributed by atoms with E-state index in [1.807, 2.05) is 25.1 Å². The molecule has 0 spiro atoms. The smallest absolute Gasteiger partial charge is 0.315 e. The third-order valence-electron chi connectivity index (χ3n) is 3.10. The van der Waals surface area contributed by atoms with Crippen LogP contribution in [0.2, 0.25) is 0 Å². The third-order valence-corrected chi connectivity index (χ3v) is 3.10. The summed E-state index contributed by atoms with van der Waals surface area (Å²) in [6.07, 6.45) is 5.95. The van der Waals surface area contributed by atoms with Gasteiger partial charge in [-0.25, -0.2) is 4.79 Å². The average molecular weight is 258 g/mol. The Kier molecular flexibility index (Phi) is 5.44. The minimum atomic E-state index is -0.214. The standard InChI is InChI=1S/C16H22N2O/c1-5-11-17-15(19)18-13(2)12-16(3,4)14-9-7-6-8-10-14/h1,6-10,13H,11-12H2,2-4H3,(H2,17,18,19). The van der Waals surface area contributed by atoms with Crippen molar-refractivity contribution in [1.82, 2.24) is 10.6 Å². The summed E-state index contributed by atoms with van der Waals surface area (Å²) in [5.74, 6) is 2.37. The first-order valence-corrected chi connectivity index (χ1v) is 6.49. The van der Waals surface area contributed by atoms with Crippen molar-refractivity contribution in [3.8, 4) is 12.3 Å². The van der Waals surface area contributed by atoms with Gasteiger partial charge in [-0.15, -0.1) is 6.42 Å². The van der Waals surface area contributed by atoms with Gasteiger partial charge in [0.1, 0.15) is 0 Å². The summed E-state index contributed by atoms with van der Waals surface area (Å²) < 4.78 is 0. The SMILES string of the molecule is C#CCNC(=O)NC(C)CC(C)(C)c1ccccc1. The maximum atomic E-state index is 11.5. The highest BCUT2D eigenvalue weighted by molar-refractivity contribution is 5.74. The van der Waals surface area contributed by atoms with Crippen molar-refractivity contribution in [3.63, 3.8) is 0 Å². The number of terminal acetylenes is 1. The molecule has 0 aliphatic carbocycles. The van der Waals surface area contributed by atoms with Crippen LogP contribution in [-0.4, -0.2) is 18.6 Å². The molecule has 1 rings (SSSR count). The largest absolute Gasteiger partial charge is 0.336 e. The number of amides is 2. The molecule has 0 aromatic heterocycles. The second-order valence-corrected chi connectivity index (χ2v) is 5.39. The van der Waals surface area contributed by atoms with Crippen molar-refractivity contribution in [2.24, 2.45) is 0 Å². The fraction of sp³-hybridized carbons (Fsp3) is 0.438. The molecule has 0 bridgehead atoms. The Labute approximate surface area is 115 Å². The van der Waals surface area contributed by atoms with Crippen LogP contribution in [0.4, 0.5) is 4.79 Å². The van der Waals surface area contributed by atoms with Crippen LogP contribution in [0.25, 0.3) is 0 Å². The monoisotopic (exact) mass is 258 g/mol. The lowest BCUT2D eigenvalue weighted by atomic mass is 9.79. The summed E-state index contributed by atoms with van der Waals surface area (Å²) in [5, 5.41) is 5.50. The zero-order valence-corrected chi connectivity index (χ0v) is 11.9. The molecule has 1 aromatic rings. The molecule has 2 N–H and O–H groups in total. The Morgan fingerprint density at radius 2 is 2.00 bits per heavy atom. The lowest BCUT2D eigenvalue weighted by molar-refractivity contribution is 0.236. The predicted octanol–water partition coefficient (Wildman–Crippen LogP) is 2.68. The zero-order chi connectivity index (χ0) is 14.3. The molecule has 1 unspecified atom stereocenters. The first-order valence-electron chi connectivity index (χ1n) is 6.49.